The Bertz CT molecular complexity index is 738. The first-order chi connectivity index (χ1) is 11.2. The van der Waals surface area contributed by atoms with Crippen LogP contribution in [0.2, 0.25) is 0 Å². The molecular formula is C22H19Br. The van der Waals surface area contributed by atoms with Gasteiger partial charge in [-0.2, -0.15) is 0 Å². The maximum absolute atomic E-state index is 4.20. The molecule has 1 atom stereocenters. The van der Waals surface area contributed by atoms with Gasteiger partial charge in [0.05, 0.1) is 5.41 Å². The molecule has 114 valence electrons. The molecule has 0 aliphatic rings. The van der Waals surface area contributed by atoms with Crippen LogP contribution < -0.4 is 0 Å². The predicted octanol–water partition coefficient (Wildman–Crippen LogP) is 6.28. The van der Waals surface area contributed by atoms with Crippen molar-refractivity contribution in [2.24, 2.45) is 0 Å². The number of rotatable bonds is 4. The summed E-state index contributed by atoms with van der Waals surface area (Å²) in [7, 11) is 0. The summed E-state index contributed by atoms with van der Waals surface area (Å²) in [6.07, 6.45) is 2.05. The molecule has 1 heteroatoms. The van der Waals surface area contributed by atoms with Gasteiger partial charge in [0.25, 0.3) is 0 Å². The zero-order valence-electron chi connectivity index (χ0n) is 13.2. The van der Waals surface area contributed by atoms with E-state index in [2.05, 4.69) is 108 Å². The van der Waals surface area contributed by atoms with Crippen LogP contribution >= 0.6 is 15.9 Å². The first kappa shape index (κ1) is 15.8. The van der Waals surface area contributed by atoms with E-state index in [1.807, 2.05) is 6.07 Å². The minimum Gasteiger partial charge on any atom is -0.102 e. The Morgan fingerprint density at radius 1 is 0.739 bits per heavy atom. The van der Waals surface area contributed by atoms with E-state index in [1.165, 1.54) is 22.3 Å². The van der Waals surface area contributed by atoms with Crippen molar-refractivity contribution in [1.29, 1.82) is 0 Å². The number of hydrogen-bond donors (Lipinski definition) is 0. The number of hydrogen-bond acceptors (Lipinski definition) is 0. The molecule has 23 heavy (non-hydrogen) atoms. The van der Waals surface area contributed by atoms with E-state index in [0.29, 0.717) is 0 Å². The topological polar surface area (TPSA) is 0 Å². The SMILES string of the molecule is C=C[C@](c1ccccc1)(c1ccc(C)cc1)c1ccc(Br)cc1. The third-order valence-electron chi connectivity index (χ3n) is 4.34. The van der Waals surface area contributed by atoms with Gasteiger partial charge in [-0.3, -0.25) is 0 Å². The van der Waals surface area contributed by atoms with Crippen LogP contribution in [0.15, 0.2) is 96.0 Å². The fraction of sp³-hybridized carbons (Fsp3) is 0.0909. The Balaban J connectivity index is 2.29. The molecule has 0 aliphatic carbocycles. The third-order valence-corrected chi connectivity index (χ3v) is 4.87. The summed E-state index contributed by atoms with van der Waals surface area (Å²) in [6.45, 7) is 6.31. The number of benzene rings is 3. The molecule has 0 spiro atoms. The monoisotopic (exact) mass is 362 g/mol. The van der Waals surface area contributed by atoms with Gasteiger partial charge in [-0.1, -0.05) is 94.3 Å². The van der Waals surface area contributed by atoms with Crippen LogP contribution in [0.1, 0.15) is 22.3 Å². The van der Waals surface area contributed by atoms with Crippen molar-refractivity contribution in [2.45, 2.75) is 12.3 Å². The minimum atomic E-state index is -0.352. The van der Waals surface area contributed by atoms with Crippen LogP contribution in [0.4, 0.5) is 0 Å². The van der Waals surface area contributed by atoms with Gasteiger partial charge < -0.3 is 0 Å². The molecule has 0 bridgehead atoms. The maximum Gasteiger partial charge on any atom is 0.0629 e. The minimum absolute atomic E-state index is 0.352. The first-order valence-electron chi connectivity index (χ1n) is 7.69. The lowest BCUT2D eigenvalue weighted by molar-refractivity contribution is 0.780. The van der Waals surface area contributed by atoms with Crippen LogP contribution in [0.25, 0.3) is 0 Å². The Hall–Kier alpha value is -2.12. The third kappa shape index (κ3) is 2.89. The van der Waals surface area contributed by atoms with Gasteiger partial charge in [-0.25, -0.2) is 0 Å². The van der Waals surface area contributed by atoms with Gasteiger partial charge in [0.1, 0.15) is 0 Å². The van der Waals surface area contributed by atoms with Gasteiger partial charge in [-0.15, -0.1) is 6.58 Å². The second-order valence-electron chi connectivity index (χ2n) is 5.75. The quantitative estimate of drug-likeness (QED) is 0.378. The summed E-state index contributed by atoms with van der Waals surface area (Å²) < 4.78 is 1.08. The van der Waals surface area contributed by atoms with Crippen molar-refractivity contribution in [1.82, 2.24) is 0 Å². The fourth-order valence-corrected chi connectivity index (χ4v) is 3.35. The molecule has 0 nitrogen and oxygen atoms in total. The summed E-state index contributed by atoms with van der Waals surface area (Å²) in [5.41, 5.74) is 4.57. The molecule has 0 saturated heterocycles. The summed E-state index contributed by atoms with van der Waals surface area (Å²) in [5, 5.41) is 0. The lowest BCUT2D eigenvalue weighted by Gasteiger charge is -2.33. The predicted molar refractivity (Wildman–Crippen MR) is 102 cm³/mol. The molecule has 0 radical (unpaired) electrons. The lowest BCUT2D eigenvalue weighted by Crippen LogP contribution is -2.26. The van der Waals surface area contributed by atoms with E-state index in [9.17, 15) is 0 Å². The zero-order chi connectivity index (χ0) is 16.3. The normalized spacial score (nSPS) is 13.3. The number of allylic oxidation sites excluding steroid dienone is 1. The summed E-state index contributed by atoms with van der Waals surface area (Å²) in [4.78, 5) is 0. The highest BCUT2D eigenvalue weighted by Crippen LogP contribution is 2.40. The number of halogens is 1. The molecule has 3 aromatic rings. The average molecular weight is 363 g/mol. The maximum atomic E-state index is 4.20. The van der Waals surface area contributed by atoms with E-state index in [1.54, 1.807) is 0 Å². The van der Waals surface area contributed by atoms with Gasteiger partial charge in [-0.05, 0) is 35.7 Å². The van der Waals surface area contributed by atoms with Gasteiger partial charge in [0.2, 0.25) is 0 Å². The standard InChI is InChI=1S/C22H19Br/c1-3-22(18-7-5-4-6-8-18,19-11-9-17(2)10-12-19)20-13-15-21(23)16-14-20/h3-16H,1H2,2H3/t22-/m0/s1. The molecule has 0 heterocycles. The smallest absolute Gasteiger partial charge is 0.0629 e. The van der Waals surface area contributed by atoms with Gasteiger partial charge in [0, 0.05) is 4.47 Å². The van der Waals surface area contributed by atoms with Crippen LogP contribution in [0, 0.1) is 6.92 Å². The van der Waals surface area contributed by atoms with Crippen LogP contribution in [0.5, 0.6) is 0 Å². The summed E-state index contributed by atoms with van der Waals surface area (Å²) >= 11 is 3.53. The highest BCUT2D eigenvalue weighted by atomic mass is 79.9. The Morgan fingerprint density at radius 3 is 1.74 bits per heavy atom. The molecule has 0 unspecified atom stereocenters. The van der Waals surface area contributed by atoms with Crippen LogP contribution in [0.3, 0.4) is 0 Å². The molecular weight excluding hydrogens is 344 g/mol. The van der Waals surface area contributed by atoms with Crippen molar-refractivity contribution in [3.63, 3.8) is 0 Å². The molecule has 0 fully saturated rings. The number of aryl methyl sites for hydroxylation is 1. The van der Waals surface area contributed by atoms with Crippen molar-refractivity contribution in [2.75, 3.05) is 0 Å². The fourth-order valence-electron chi connectivity index (χ4n) is 3.08. The second kappa shape index (κ2) is 6.55. The van der Waals surface area contributed by atoms with Crippen molar-refractivity contribution < 1.29 is 0 Å². The largest absolute Gasteiger partial charge is 0.102 e. The molecule has 3 rings (SSSR count). The van der Waals surface area contributed by atoms with E-state index in [4.69, 9.17) is 0 Å². The molecule has 0 amide bonds. The van der Waals surface area contributed by atoms with Crippen molar-refractivity contribution >= 4 is 15.9 Å². The highest BCUT2D eigenvalue weighted by Gasteiger charge is 2.32. The van der Waals surface area contributed by atoms with E-state index in [0.717, 1.165) is 4.47 Å². The lowest BCUT2D eigenvalue weighted by atomic mass is 9.69. The Morgan fingerprint density at radius 2 is 1.22 bits per heavy atom. The van der Waals surface area contributed by atoms with E-state index in [-0.39, 0.29) is 5.41 Å². The van der Waals surface area contributed by atoms with Gasteiger partial charge >= 0.3 is 0 Å². The van der Waals surface area contributed by atoms with E-state index < -0.39 is 0 Å². The molecule has 0 saturated carbocycles. The molecule has 3 aromatic carbocycles. The van der Waals surface area contributed by atoms with E-state index >= 15 is 0 Å². The van der Waals surface area contributed by atoms with Crippen LogP contribution in [-0.4, -0.2) is 0 Å². The zero-order valence-corrected chi connectivity index (χ0v) is 14.8. The van der Waals surface area contributed by atoms with Crippen molar-refractivity contribution in [3.05, 3.63) is 118 Å². The van der Waals surface area contributed by atoms with Crippen LogP contribution in [-0.2, 0) is 5.41 Å². The average Bonchev–Trinajstić information content (AvgIpc) is 2.60. The molecule has 0 aliphatic heterocycles. The summed E-state index contributed by atoms with van der Waals surface area (Å²) in [6, 6.07) is 27.8. The highest BCUT2D eigenvalue weighted by molar-refractivity contribution is 9.10. The molecule has 0 N–H and O–H groups in total. The molecule has 0 aromatic heterocycles. The Kier molecular flexibility index (Phi) is 4.49. The van der Waals surface area contributed by atoms with Crippen molar-refractivity contribution in [3.8, 4) is 0 Å². The summed E-state index contributed by atoms with van der Waals surface area (Å²) in [5.74, 6) is 0. The Labute approximate surface area is 146 Å². The first-order valence-corrected chi connectivity index (χ1v) is 8.48. The second-order valence-corrected chi connectivity index (χ2v) is 6.67. The van der Waals surface area contributed by atoms with Gasteiger partial charge in [0.15, 0.2) is 0 Å².